The highest BCUT2D eigenvalue weighted by Crippen LogP contribution is 2.26. The van der Waals surface area contributed by atoms with E-state index in [0.717, 1.165) is 0 Å². The number of hydrogen-bond acceptors (Lipinski definition) is 2. The molecule has 0 bridgehead atoms. The van der Waals surface area contributed by atoms with Gasteiger partial charge in [-0.05, 0) is 13.3 Å². The van der Waals surface area contributed by atoms with E-state index >= 15 is 0 Å². The summed E-state index contributed by atoms with van der Waals surface area (Å²) in [4.78, 5) is 21.8. The Morgan fingerprint density at radius 1 is 1.50 bits per heavy atom. The van der Waals surface area contributed by atoms with Crippen LogP contribution in [0.15, 0.2) is 24.3 Å². The summed E-state index contributed by atoms with van der Waals surface area (Å²) in [7, 11) is 0. The number of carbonyl (C=O) groups is 2. The molecule has 0 aromatic rings. The van der Waals surface area contributed by atoms with Crippen LogP contribution in [0.1, 0.15) is 13.3 Å². The first-order valence-electron chi connectivity index (χ1n) is 4.39. The van der Waals surface area contributed by atoms with Crippen molar-refractivity contribution in [1.82, 2.24) is 5.32 Å². The van der Waals surface area contributed by atoms with Crippen molar-refractivity contribution in [2.45, 2.75) is 13.3 Å². The van der Waals surface area contributed by atoms with E-state index in [-0.39, 0.29) is 12.5 Å². The summed E-state index contributed by atoms with van der Waals surface area (Å²) in [5.41, 5.74) is -0.607. The average Bonchev–Trinajstić information content (AvgIpc) is 2.15. The fourth-order valence-electron chi connectivity index (χ4n) is 1.25. The number of hydrogen-bond donors (Lipinski definition) is 2. The summed E-state index contributed by atoms with van der Waals surface area (Å²) in [5, 5.41) is 10.8. The van der Waals surface area contributed by atoms with Crippen LogP contribution in [-0.2, 0) is 9.59 Å². The van der Waals surface area contributed by atoms with Gasteiger partial charge in [-0.1, -0.05) is 24.3 Å². The van der Waals surface area contributed by atoms with Crippen molar-refractivity contribution < 1.29 is 14.7 Å². The quantitative estimate of drug-likeness (QED) is 0.697. The monoisotopic (exact) mass is 195 g/mol. The number of carbonyl (C=O) groups excluding carboxylic acids is 1. The van der Waals surface area contributed by atoms with Crippen LogP contribution in [0.2, 0.25) is 0 Å². The van der Waals surface area contributed by atoms with Crippen LogP contribution < -0.4 is 5.32 Å². The molecule has 14 heavy (non-hydrogen) atoms. The number of aliphatic carboxylic acids is 1. The molecule has 1 unspecified atom stereocenters. The zero-order valence-corrected chi connectivity index (χ0v) is 7.99. The Morgan fingerprint density at radius 2 is 2.21 bits per heavy atom. The van der Waals surface area contributed by atoms with Gasteiger partial charge < -0.3 is 10.4 Å². The van der Waals surface area contributed by atoms with Gasteiger partial charge in [-0.15, -0.1) is 0 Å². The third-order valence-corrected chi connectivity index (χ3v) is 2.17. The van der Waals surface area contributed by atoms with Gasteiger partial charge in [0.1, 0.15) is 6.54 Å². The van der Waals surface area contributed by atoms with Gasteiger partial charge in [0.25, 0.3) is 0 Å². The highest BCUT2D eigenvalue weighted by Gasteiger charge is 2.29. The highest BCUT2D eigenvalue weighted by atomic mass is 16.4. The second-order valence-electron chi connectivity index (χ2n) is 3.49. The SMILES string of the molecule is CC1(C(=O)NCC(=O)O)C=CC=CC1. The van der Waals surface area contributed by atoms with E-state index in [1.807, 2.05) is 12.2 Å². The molecule has 0 spiro atoms. The predicted octanol–water partition coefficient (Wildman–Crippen LogP) is 0.710. The van der Waals surface area contributed by atoms with Crippen molar-refractivity contribution in [3.05, 3.63) is 24.3 Å². The van der Waals surface area contributed by atoms with Crippen molar-refractivity contribution >= 4 is 11.9 Å². The number of amides is 1. The fraction of sp³-hybridized carbons (Fsp3) is 0.400. The van der Waals surface area contributed by atoms with E-state index in [4.69, 9.17) is 5.11 Å². The van der Waals surface area contributed by atoms with Crippen molar-refractivity contribution in [3.8, 4) is 0 Å². The van der Waals surface area contributed by atoms with E-state index in [9.17, 15) is 9.59 Å². The first kappa shape index (κ1) is 10.5. The Labute approximate surface area is 82.3 Å². The minimum Gasteiger partial charge on any atom is -0.480 e. The maximum atomic E-state index is 11.6. The summed E-state index contributed by atoms with van der Waals surface area (Å²) in [6.07, 6.45) is 7.94. The molecule has 0 radical (unpaired) electrons. The molecule has 0 aromatic carbocycles. The topological polar surface area (TPSA) is 66.4 Å². The Bertz CT molecular complexity index is 306. The lowest BCUT2D eigenvalue weighted by molar-refractivity contribution is -0.139. The van der Waals surface area contributed by atoms with Crippen molar-refractivity contribution in [2.24, 2.45) is 5.41 Å². The maximum Gasteiger partial charge on any atom is 0.322 e. The van der Waals surface area contributed by atoms with Crippen LogP contribution >= 0.6 is 0 Å². The zero-order chi connectivity index (χ0) is 10.6. The third kappa shape index (κ3) is 2.45. The van der Waals surface area contributed by atoms with E-state index in [0.29, 0.717) is 6.42 Å². The molecule has 1 aliphatic rings. The number of carboxylic acid groups (broad SMARTS) is 1. The van der Waals surface area contributed by atoms with Crippen molar-refractivity contribution in [1.29, 1.82) is 0 Å². The first-order chi connectivity index (χ1) is 6.54. The predicted molar refractivity (Wildman–Crippen MR) is 51.6 cm³/mol. The lowest BCUT2D eigenvalue weighted by atomic mass is 9.83. The van der Waals surface area contributed by atoms with Gasteiger partial charge >= 0.3 is 5.97 Å². The van der Waals surface area contributed by atoms with Gasteiger partial charge in [0, 0.05) is 0 Å². The molecule has 1 atom stereocenters. The summed E-state index contributed by atoms with van der Waals surface area (Å²) >= 11 is 0. The van der Waals surface area contributed by atoms with Gasteiger partial charge in [-0.25, -0.2) is 0 Å². The molecule has 1 aliphatic carbocycles. The minimum absolute atomic E-state index is 0.250. The van der Waals surface area contributed by atoms with Gasteiger partial charge in [-0.2, -0.15) is 0 Å². The van der Waals surface area contributed by atoms with E-state index in [1.165, 1.54) is 0 Å². The number of allylic oxidation sites excluding steroid dienone is 3. The first-order valence-corrected chi connectivity index (χ1v) is 4.39. The molecule has 76 valence electrons. The number of carboxylic acids is 1. The Hall–Kier alpha value is -1.58. The molecule has 0 aromatic heterocycles. The van der Waals surface area contributed by atoms with Crippen molar-refractivity contribution in [3.63, 3.8) is 0 Å². The highest BCUT2D eigenvalue weighted by molar-refractivity contribution is 5.87. The van der Waals surface area contributed by atoms with Crippen molar-refractivity contribution in [2.75, 3.05) is 6.54 Å². The molecule has 4 nitrogen and oxygen atoms in total. The molecule has 0 saturated carbocycles. The molecular weight excluding hydrogens is 182 g/mol. The van der Waals surface area contributed by atoms with Crippen LogP contribution in [0.4, 0.5) is 0 Å². The van der Waals surface area contributed by atoms with Crippen LogP contribution in [0.3, 0.4) is 0 Å². The lowest BCUT2D eigenvalue weighted by Crippen LogP contribution is -2.40. The summed E-state index contributed by atoms with van der Waals surface area (Å²) < 4.78 is 0. The minimum atomic E-state index is -1.03. The molecule has 1 rings (SSSR count). The van der Waals surface area contributed by atoms with Gasteiger partial charge in [0.15, 0.2) is 0 Å². The third-order valence-electron chi connectivity index (χ3n) is 2.17. The maximum absolute atomic E-state index is 11.6. The van der Waals surface area contributed by atoms with Crippen LogP contribution in [-0.4, -0.2) is 23.5 Å². The van der Waals surface area contributed by atoms with E-state index < -0.39 is 11.4 Å². The molecule has 0 fully saturated rings. The van der Waals surface area contributed by atoms with Crippen LogP contribution in [0.5, 0.6) is 0 Å². The number of rotatable bonds is 3. The number of nitrogens with one attached hydrogen (secondary N) is 1. The normalized spacial score (nSPS) is 24.6. The second-order valence-corrected chi connectivity index (χ2v) is 3.49. The van der Waals surface area contributed by atoms with Crippen LogP contribution in [0, 0.1) is 5.41 Å². The molecule has 0 saturated heterocycles. The largest absolute Gasteiger partial charge is 0.480 e. The summed E-state index contributed by atoms with van der Waals surface area (Å²) in [6.45, 7) is 1.45. The summed E-state index contributed by atoms with van der Waals surface area (Å²) in [6, 6.07) is 0. The van der Waals surface area contributed by atoms with Crippen LogP contribution in [0.25, 0.3) is 0 Å². The Morgan fingerprint density at radius 3 is 2.71 bits per heavy atom. The molecular formula is C10H13NO3. The van der Waals surface area contributed by atoms with Gasteiger partial charge in [-0.3, -0.25) is 9.59 Å². The van der Waals surface area contributed by atoms with E-state index in [2.05, 4.69) is 5.32 Å². The molecule has 0 aliphatic heterocycles. The Balaban J connectivity index is 2.55. The zero-order valence-electron chi connectivity index (χ0n) is 7.99. The molecule has 2 N–H and O–H groups in total. The smallest absolute Gasteiger partial charge is 0.322 e. The second kappa shape index (κ2) is 4.09. The fourth-order valence-corrected chi connectivity index (χ4v) is 1.25. The summed E-state index contributed by atoms with van der Waals surface area (Å²) in [5.74, 6) is -1.28. The lowest BCUT2D eigenvalue weighted by Gasteiger charge is -2.24. The molecule has 4 heteroatoms. The Kier molecular flexibility index (Phi) is 3.06. The van der Waals surface area contributed by atoms with Gasteiger partial charge in [0.05, 0.1) is 5.41 Å². The average molecular weight is 195 g/mol. The standard InChI is InChI=1S/C10H13NO3/c1-10(5-3-2-4-6-10)9(14)11-7-8(12)13/h2-5H,6-7H2,1H3,(H,11,14)(H,12,13). The molecule has 0 heterocycles. The van der Waals surface area contributed by atoms with E-state index in [1.54, 1.807) is 19.1 Å². The molecule has 1 amide bonds. The van der Waals surface area contributed by atoms with Gasteiger partial charge in [0.2, 0.25) is 5.91 Å².